The maximum absolute atomic E-state index is 11.0. The summed E-state index contributed by atoms with van der Waals surface area (Å²) >= 11 is 0. The van der Waals surface area contributed by atoms with Gasteiger partial charge in [-0.05, 0) is 30.7 Å². The predicted molar refractivity (Wildman–Crippen MR) is 61.9 cm³/mol. The Morgan fingerprint density at radius 1 is 1.50 bits per heavy atom. The molecular formula is C12H12N2O2. The number of rotatable bonds is 2. The number of nitrogens with zero attached hydrogens (tertiary/aromatic N) is 1. The second-order valence-corrected chi connectivity index (χ2v) is 3.31. The number of carbonyl (C=O) groups is 1. The van der Waals surface area contributed by atoms with Crippen LogP contribution in [0.5, 0.6) is 0 Å². The number of ether oxygens (including phenoxy) is 1. The van der Waals surface area contributed by atoms with Crippen molar-refractivity contribution in [3.63, 3.8) is 0 Å². The molecule has 0 unspecified atom stereocenters. The van der Waals surface area contributed by atoms with Crippen molar-refractivity contribution >= 4 is 17.4 Å². The molecule has 0 bridgehead atoms. The van der Waals surface area contributed by atoms with Gasteiger partial charge in [-0.15, -0.1) is 0 Å². The first-order valence-electron chi connectivity index (χ1n) is 4.63. The van der Waals surface area contributed by atoms with Crippen molar-refractivity contribution in [3.05, 3.63) is 35.9 Å². The number of nitrogens with one attached hydrogen (secondary N) is 1. The number of allylic oxidation sites excluding steroid dienone is 1. The minimum atomic E-state index is -0.567. The molecule has 82 valence electrons. The summed E-state index contributed by atoms with van der Waals surface area (Å²) in [6, 6.07) is 7.04. The average molecular weight is 216 g/mol. The van der Waals surface area contributed by atoms with Crippen molar-refractivity contribution < 1.29 is 9.53 Å². The van der Waals surface area contributed by atoms with Crippen molar-refractivity contribution in [2.75, 3.05) is 12.4 Å². The van der Waals surface area contributed by atoms with Crippen LogP contribution in [-0.4, -0.2) is 13.2 Å². The largest absolute Gasteiger partial charge is 0.453 e. The number of nitriles is 1. The summed E-state index contributed by atoms with van der Waals surface area (Å²) in [6.07, 6.45) is -0.567. The van der Waals surface area contributed by atoms with Crippen LogP contribution in [-0.2, 0) is 4.74 Å². The van der Waals surface area contributed by atoms with Crippen LogP contribution < -0.4 is 5.32 Å². The zero-order chi connectivity index (χ0) is 12.1. The Hall–Kier alpha value is -2.28. The van der Waals surface area contributed by atoms with E-state index in [2.05, 4.69) is 16.6 Å². The molecule has 0 radical (unpaired) electrons. The van der Waals surface area contributed by atoms with E-state index in [-0.39, 0.29) is 0 Å². The van der Waals surface area contributed by atoms with Gasteiger partial charge in [0.15, 0.2) is 0 Å². The predicted octanol–water partition coefficient (Wildman–Crippen LogP) is 2.77. The van der Waals surface area contributed by atoms with Crippen LogP contribution in [0.2, 0.25) is 0 Å². The molecule has 1 amide bonds. The summed E-state index contributed by atoms with van der Waals surface area (Å²) < 4.78 is 4.47. The van der Waals surface area contributed by atoms with E-state index in [1.165, 1.54) is 7.11 Å². The molecule has 0 saturated carbocycles. The van der Waals surface area contributed by atoms with E-state index < -0.39 is 6.09 Å². The quantitative estimate of drug-likeness (QED) is 0.826. The molecule has 0 aliphatic carbocycles. The Balaban J connectivity index is 3.10. The standard InChI is InChI=1S/C12H12N2O2/c1-8(2)10-4-9(7-13)5-11(6-10)14-12(15)16-3/h4-6H,1H2,2-3H3,(H,14,15). The highest BCUT2D eigenvalue weighted by Gasteiger charge is 2.05. The van der Waals surface area contributed by atoms with Gasteiger partial charge in [-0.1, -0.05) is 12.2 Å². The van der Waals surface area contributed by atoms with Crippen LogP contribution in [0, 0.1) is 11.3 Å². The summed E-state index contributed by atoms with van der Waals surface area (Å²) in [7, 11) is 1.28. The first-order chi connectivity index (χ1) is 7.56. The van der Waals surface area contributed by atoms with E-state index >= 15 is 0 Å². The number of methoxy groups -OCH3 is 1. The second-order valence-electron chi connectivity index (χ2n) is 3.31. The fourth-order valence-electron chi connectivity index (χ4n) is 1.18. The molecule has 0 fully saturated rings. The van der Waals surface area contributed by atoms with Crippen LogP contribution in [0.3, 0.4) is 0 Å². The minimum Gasteiger partial charge on any atom is -0.453 e. The fraction of sp³-hybridized carbons (Fsp3) is 0.167. The molecule has 4 heteroatoms. The zero-order valence-electron chi connectivity index (χ0n) is 9.20. The lowest BCUT2D eigenvalue weighted by molar-refractivity contribution is 0.187. The van der Waals surface area contributed by atoms with Gasteiger partial charge in [0.2, 0.25) is 0 Å². The number of carbonyl (C=O) groups excluding carboxylic acids is 1. The van der Waals surface area contributed by atoms with E-state index in [4.69, 9.17) is 5.26 Å². The van der Waals surface area contributed by atoms with E-state index in [1.54, 1.807) is 18.2 Å². The SMILES string of the molecule is C=C(C)c1cc(C#N)cc(NC(=O)OC)c1. The number of anilines is 1. The van der Waals surface area contributed by atoms with Crippen molar-refractivity contribution in [1.29, 1.82) is 5.26 Å². The molecule has 0 atom stereocenters. The van der Waals surface area contributed by atoms with Crippen LogP contribution in [0.25, 0.3) is 5.57 Å². The van der Waals surface area contributed by atoms with Gasteiger partial charge in [0.1, 0.15) is 0 Å². The van der Waals surface area contributed by atoms with Gasteiger partial charge in [0.05, 0.1) is 18.7 Å². The van der Waals surface area contributed by atoms with Gasteiger partial charge in [-0.25, -0.2) is 4.79 Å². The molecule has 0 spiro atoms. The first-order valence-corrected chi connectivity index (χ1v) is 4.63. The lowest BCUT2D eigenvalue weighted by Gasteiger charge is -2.07. The summed E-state index contributed by atoms with van der Waals surface area (Å²) in [4.78, 5) is 11.0. The Morgan fingerprint density at radius 3 is 2.69 bits per heavy atom. The lowest BCUT2D eigenvalue weighted by Crippen LogP contribution is -2.11. The molecule has 1 aromatic carbocycles. The Labute approximate surface area is 94.1 Å². The van der Waals surface area contributed by atoms with Gasteiger partial charge >= 0.3 is 6.09 Å². The fourth-order valence-corrected chi connectivity index (χ4v) is 1.18. The third-order valence-electron chi connectivity index (χ3n) is 1.99. The van der Waals surface area contributed by atoms with Crippen molar-refractivity contribution in [2.24, 2.45) is 0 Å². The van der Waals surface area contributed by atoms with Crippen LogP contribution in [0.15, 0.2) is 24.8 Å². The third kappa shape index (κ3) is 2.85. The minimum absolute atomic E-state index is 0.465. The van der Waals surface area contributed by atoms with Gasteiger partial charge in [0, 0.05) is 5.69 Å². The van der Waals surface area contributed by atoms with Crippen molar-refractivity contribution in [1.82, 2.24) is 0 Å². The summed E-state index contributed by atoms with van der Waals surface area (Å²) in [5, 5.41) is 11.3. The van der Waals surface area contributed by atoms with Gasteiger partial charge in [-0.2, -0.15) is 5.26 Å². The molecule has 0 aliphatic heterocycles. The zero-order valence-corrected chi connectivity index (χ0v) is 9.20. The van der Waals surface area contributed by atoms with Gasteiger partial charge < -0.3 is 4.74 Å². The van der Waals surface area contributed by atoms with E-state index in [9.17, 15) is 4.79 Å². The highest BCUT2D eigenvalue weighted by Crippen LogP contribution is 2.19. The van der Waals surface area contributed by atoms with Crippen LogP contribution in [0.1, 0.15) is 18.1 Å². The summed E-state index contributed by atoms with van der Waals surface area (Å²) in [6.45, 7) is 5.62. The Bertz CT molecular complexity index is 472. The number of amides is 1. The highest BCUT2D eigenvalue weighted by molar-refractivity contribution is 5.85. The van der Waals surface area contributed by atoms with Gasteiger partial charge in [-0.3, -0.25) is 5.32 Å². The first kappa shape index (κ1) is 11.8. The number of benzene rings is 1. The lowest BCUT2D eigenvalue weighted by atomic mass is 10.1. The maximum atomic E-state index is 11.0. The number of hydrogen-bond donors (Lipinski definition) is 1. The van der Waals surface area contributed by atoms with E-state index in [1.807, 2.05) is 13.0 Å². The maximum Gasteiger partial charge on any atom is 0.411 e. The van der Waals surface area contributed by atoms with E-state index in [0.29, 0.717) is 11.3 Å². The van der Waals surface area contributed by atoms with Gasteiger partial charge in [0.25, 0.3) is 0 Å². The summed E-state index contributed by atoms with van der Waals surface area (Å²) in [5.74, 6) is 0. The molecule has 4 nitrogen and oxygen atoms in total. The van der Waals surface area contributed by atoms with E-state index in [0.717, 1.165) is 11.1 Å². The smallest absolute Gasteiger partial charge is 0.411 e. The Kier molecular flexibility index (Phi) is 3.67. The molecule has 1 rings (SSSR count). The molecule has 0 aromatic heterocycles. The molecule has 0 aliphatic rings. The number of hydrogen-bond acceptors (Lipinski definition) is 3. The molecule has 16 heavy (non-hydrogen) atoms. The van der Waals surface area contributed by atoms with Crippen LogP contribution >= 0.6 is 0 Å². The Morgan fingerprint density at radius 2 is 2.19 bits per heavy atom. The molecule has 1 N–H and O–H groups in total. The average Bonchev–Trinajstić information content (AvgIpc) is 2.28. The van der Waals surface area contributed by atoms with Crippen molar-refractivity contribution in [3.8, 4) is 6.07 Å². The normalized spacial score (nSPS) is 9.06. The third-order valence-corrected chi connectivity index (χ3v) is 1.99. The molecule has 1 aromatic rings. The molecule has 0 heterocycles. The molecular weight excluding hydrogens is 204 g/mol. The topological polar surface area (TPSA) is 62.1 Å². The summed E-state index contributed by atoms with van der Waals surface area (Å²) in [5.41, 5.74) is 2.62. The van der Waals surface area contributed by atoms with Crippen LogP contribution in [0.4, 0.5) is 10.5 Å². The highest BCUT2D eigenvalue weighted by atomic mass is 16.5. The monoisotopic (exact) mass is 216 g/mol. The second kappa shape index (κ2) is 4.99. The van der Waals surface area contributed by atoms with Crippen molar-refractivity contribution in [2.45, 2.75) is 6.92 Å². The molecule has 0 saturated heterocycles.